The fraction of sp³-hybridized carbons (Fsp3) is 0.200. The topological polar surface area (TPSA) is 81.3 Å². The van der Waals surface area contributed by atoms with Crippen LogP contribution >= 0.6 is 0 Å². The molecule has 0 fully saturated rings. The second-order valence-corrected chi connectivity index (χ2v) is 4.79. The van der Waals surface area contributed by atoms with Gasteiger partial charge in [0.1, 0.15) is 0 Å². The zero-order chi connectivity index (χ0) is 16.1. The zero-order valence-electron chi connectivity index (χ0n) is 12.3. The van der Waals surface area contributed by atoms with E-state index in [2.05, 4.69) is 5.10 Å². The first-order valence-corrected chi connectivity index (χ1v) is 6.62. The van der Waals surface area contributed by atoms with Gasteiger partial charge in [-0.3, -0.25) is 19.6 Å². The molecule has 0 aliphatic heterocycles. The fourth-order valence-corrected chi connectivity index (χ4v) is 1.99. The maximum absolute atomic E-state index is 12.1. The molecule has 7 nitrogen and oxygen atoms in total. The summed E-state index contributed by atoms with van der Waals surface area (Å²) in [6.07, 6.45) is 4.72. The van der Waals surface area contributed by atoms with Crippen molar-refractivity contribution in [1.29, 1.82) is 0 Å². The Labute approximate surface area is 127 Å². The van der Waals surface area contributed by atoms with Crippen LogP contribution in [0.3, 0.4) is 0 Å². The average Bonchev–Trinajstić information content (AvgIpc) is 2.90. The summed E-state index contributed by atoms with van der Waals surface area (Å²) in [7, 11) is 3.38. The molecule has 0 atom stereocenters. The van der Waals surface area contributed by atoms with Crippen LogP contribution in [0.5, 0.6) is 0 Å². The Morgan fingerprint density at radius 1 is 1.41 bits per heavy atom. The van der Waals surface area contributed by atoms with Crippen molar-refractivity contribution < 1.29 is 9.72 Å². The van der Waals surface area contributed by atoms with Crippen LogP contribution in [0.2, 0.25) is 0 Å². The Kier molecular flexibility index (Phi) is 4.67. The van der Waals surface area contributed by atoms with Crippen molar-refractivity contribution in [3.05, 3.63) is 64.0 Å². The Hall–Kier alpha value is -2.96. The van der Waals surface area contributed by atoms with Crippen LogP contribution in [0.1, 0.15) is 11.3 Å². The van der Waals surface area contributed by atoms with Gasteiger partial charge in [-0.2, -0.15) is 5.10 Å². The summed E-state index contributed by atoms with van der Waals surface area (Å²) in [5.74, 6) is -0.237. The predicted molar refractivity (Wildman–Crippen MR) is 81.8 cm³/mol. The van der Waals surface area contributed by atoms with E-state index in [0.29, 0.717) is 5.56 Å². The zero-order valence-corrected chi connectivity index (χ0v) is 12.3. The van der Waals surface area contributed by atoms with Gasteiger partial charge >= 0.3 is 0 Å². The van der Waals surface area contributed by atoms with Crippen molar-refractivity contribution >= 4 is 17.7 Å². The van der Waals surface area contributed by atoms with E-state index in [1.54, 1.807) is 55.3 Å². The largest absolute Gasteiger partial charge is 0.338 e. The molecule has 1 heterocycles. The Morgan fingerprint density at radius 2 is 2.14 bits per heavy atom. The second kappa shape index (κ2) is 6.66. The van der Waals surface area contributed by atoms with Crippen LogP contribution < -0.4 is 0 Å². The summed E-state index contributed by atoms with van der Waals surface area (Å²) in [5, 5.41) is 15.0. The van der Waals surface area contributed by atoms with E-state index in [1.165, 1.54) is 17.0 Å². The predicted octanol–water partition coefficient (Wildman–Crippen LogP) is 2.00. The number of nitro benzene ring substituents is 1. The molecule has 22 heavy (non-hydrogen) atoms. The van der Waals surface area contributed by atoms with Gasteiger partial charge in [0.25, 0.3) is 5.69 Å². The normalized spacial score (nSPS) is 10.8. The van der Waals surface area contributed by atoms with E-state index < -0.39 is 4.92 Å². The van der Waals surface area contributed by atoms with Gasteiger partial charge in [0.05, 0.1) is 17.2 Å². The number of amides is 1. The maximum atomic E-state index is 12.1. The standard InChI is InChI=1S/C15H16N4O3/c1-17(11-12-5-3-4-6-14(12)19(21)22)15(20)8-7-13-9-10-16-18(13)2/h3-10H,11H2,1-2H3. The van der Waals surface area contributed by atoms with Gasteiger partial charge in [-0.1, -0.05) is 18.2 Å². The van der Waals surface area contributed by atoms with Gasteiger partial charge in [0.2, 0.25) is 5.91 Å². The number of likely N-dealkylation sites (N-methyl/N-ethyl adjacent to an activating group) is 1. The quantitative estimate of drug-likeness (QED) is 0.480. The van der Waals surface area contributed by atoms with Crippen molar-refractivity contribution in [2.24, 2.45) is 7.05 Å². The summed E-state index contributed by atoms with van der Waals surface area (Å²) in [6, 6.07) is 8.18. The molecule has 0 N–H and O–H groups in total. The van der Waals surface area contributed by atoms with Gasteiger partial charge in [-0.25, -0.2) is 0 Å². The Balaban J connectivity index is 2.08. The lowest BCUT2D eigenvalue weighted by atomic mass is 10.1. The van der Waals surface area contributed by atoms with Crippen LogP contribution in [-0.4, -0.2) is 32.6 Å². The first-order valence-electron chi connectivity index (χ1n) is 6.62. The van der Waals surface area contributed by atoms with Crippen molar-refractivity contribution in [3.63, 3.8) is 0 Å². The highest BCUT2D eigenvalue weighted by Crippen LogP contribution is 2.19. The third-order valence-electron chi connectivity index (χ3n) is 3.23. The summed E-state index contributed by atoms with van der Waals surface area (Å²) >= 11 is 0. The number of benzene rings is 1. The first-order chi connectivity index (χ1) is 10.5. The molecule has 2 aromatic rings. The molecule has 0 saturated carbocycles. The van der Waals surface area contributed by atoms with Crippen LogP contribution in [0.15, 0.2) is 42.6 Å². The molecule has 1 aromatic heterocycles. The minimum Gasteiger partial charge on any atom is -0.338 e. The van der Waals surface area contributed by atoms with Crippen LogP contribution in [0, 0.1) is 10.1 Å². The maximum Gasteiger partial charge on any atom is 0.274 e. The molecular weight excluding hydrogens is 284 g/mol. The van der Waals surface area contributed by atoms with Gasteiger partial charge in [-0.05, 0) is 12.1 Å². The van der Waals surface area contributed by atoms with E-state index in [9.17, 15) is 14.9 Å². The highest BCUT2D eigenvalue weighted by molar-refractivity contribution is 5.91. The molecule has 2 rings (SSSR count). The lowest BCUT2D eigenvalue weighted by Crippen LogP contribution is -2.24. The minimum absolute atomic E-state index is 0.0118. The fourth-order valence-electron chi connectivity index (χ4n) is 1.99. The molecule has 1 aromatic carbocycles. The van der Waals surface area contributed by atoms with E-state index in [-0.39, 0.29) is 18.1 Å². The summed E-state index contributed by atoms with van der Waals surface area (Å²) in [6.45, 7) is 0.172. The monoisotopic (exact) mass is 300 g/mol. The van der Waals surface area contributed by atoms with E-state index >= 15 is 0 Å². The Bertz CT molecular complexity index is 721. The van der Waals surface area contributed by atoms with Crippen molar-refractivity contribution in [2.45, 2.75) is 6.54 Å². The highest BCUT2D eigenvalue weighted by atomic mass is 16.6. The number of nitrogens with zero attached hydrogens (tertiary/aromatic N) is 4. The molecule has 114 valence electrons. The summed E-state index contributed by atoms with van der Waals surface area (Å²) in [4.78, 5) is 24.0. The molecule has 0 saturated heterocycles. The number of hydrogen-bond acceptors (Lipinski definition) is 4. The number of aromatic nitrogens is 2. The number of carbonyl (C=O) groups excluding carboxylic acids is 1. The third-order valence-corrected chi connectivity index (χ3v) is 3.23. The first kappa shape index (κ1) is 15.4. The molecule has 0 aliphatic carbocycles. The van der Waals surface area contributed by atoms with Crippen LogP contribution in [0.25, 0.3) is 6.08 Å². The minimum atomic E-state index is -0.445. The number of aryl methyl sites for hydroxylation is 1. The molecule has 0 aliphatic rings. The van der Waals surface area contributed by atoms with Crippen molar-refractivity contribution in [2.75, 3.05) is 7.05 Å². The van der Waals surface area contributed by atoms with Gasteiger partial charge < -0.3 is 4.90 Å². The Morgan fingerprint density at radius 3 is 2.77 bits per heavy atom. The molecule has 0 radical (unpaired) electrons. The van der Waals surface area contributed by atoms with Gasteiger partial charge in [0, 0.05) is 38.0 Å². The molecule has 1 amide bonds. The van der Waals surface area contributed by atoms with Crippen LogP contribution in [0.4, 0.5) is 5.69 Å². The highest BCUT2D eigenvalue weighted by Gasteiger charge is 2.15. The van der Waals surface area contributed by atoms with Gasteiger partial charge in [-0.15, -0.1) is 0 Å². The second-order valence-electron chi connectivity index (χ2n) is 4.79. The van der Waals surface area contributed by atoms with Crippen LogP contribution in [-0.2, 0) is 18.4 Å². The number of hydrogen-bond donors (Lipinski definition) is 0. The van der Waals surface area contributed by atoms with E-state index in [4.69, 9.17) is 0 Å². The lowest BCUT2D eigenvalue weighted by Gasteiger charge is -2.15. The van der Waals surface area contributed by atoms with Gasteiger partial charge in [0.15, 0.2) is 0 Å². The lowest BCUT2D eigenvalue weighted by molar-refractivity contribution is -0.385. The molecule has 7 heteroatoms. The number of para-hydroxylation sites is 1. The molecular formula is C15H16N4O3. The third kappa shape index (κ3) is 3.57. The van der Waals surface area contributed by atoms with Crippen molar-refractivity contribution in [1.82, 2.24) is 14.7 Å². The SMILES string of the molecule is CN(Cc1ccccc1[N+](=O)[O-])C(=O)C=Cc1ccnn1C. The smallest absolute Gasteiger partial charge is 0.274 e. The number of nitro groups is 1. The van der Waals surface area contributed by atoms with E-state index in [1.807, 2.05) is 0 Å². The number of carbonyl (C=O) groups is 1. The molecule has 0 spiro atoms. The van der Waals surface area contributed by atoms with Crippen molar-refractivity contribution in [3.8, 4) is 0 Å². The summed E-state index contributed by atoms with van der Waals surface area (Å²) in [5.41, 5.74) is 1.31. The average molecular weight is 300 g/mol. The summed E-state index contributed by atoms with van der Waals surface area (Å²) < 4.78 is 1.64. The molecule has 0 bridgehead atoms. The number of rotatable bonds is 5. The molecule has 0 unspecified atom stereocenters. The van der Waals surface area contributed by atoms with E-state index in [0.717, 1.165) is 5.69 Å².